The smallest absolute Gasteiger partial charge is 0.332 e. The maximum atomic E-state index is 11.7. The maximum absolute atomic E-state index is 11.7. The number of nitrogens with zero attached hydrogens (tertiary/aromatic N) is 1. The van der Waals surface area contributed by atoms with Crippen LogP contribution in [-0.4, -0.2) is 52.9 Å². The summed E-state index contributed by atoms with van der Waals surface area (Å²) < 4.78 is 0. The van der Waals surface area contributed by atoms with Gasteiger partial charge in [0.15, 0.2) is 6.10 Å². The van der Waals surface area contributed by atoms with E-state index in [1.54, 1.807) is 11.9 Å². The standard InChI is InChI=1S/C11H20N2O4/c1-13(8-4-2-3-5-8)11(17)12-7-6-9(14)10(15)16/h8-9,14H,2-7H2,1H3,(H,12,17)(H,15,16). The van der Waals surface area contributed by atoms with E-state index in [2.05, 4.69) is 5.32 Å². The highest BCUT2D eigenvalue weighted by Crippen LogP contribution is 2.22. The average molecular weight is 244 g/mol. The molecule has 0 bridgehead atoms. The Balaban J connectivity index is 2.22. The first-order valence-electron chi connectivity index (χ1n) is 5.94. The zero-order chi connectivity index (χ0) is 12.8. The van der Waals surface area contributed by atoms with Crippen LogP contribution in [-0.2, 0) is 4.79 Å². The Morgan fingerprint density at radius 3 is 2.53 bits per heavy atom. The third-order valence-corrected chi connectivity index (χ3v) is 3.17. The molecule has 1 rings (SSSR count). The van der Waals surface area contributed by atoms with Gasteiger partial charge in [-0.15, -0.1) is 0 Å². The fourth-order valence-corrected chi connectivity index (χ4v) is 2.02. The molecule has 1 aliphatic carbocycles. The molecule has 1 unspecified atom stereocenters. The van der Waals surface area contributed by atoms with Crippen molar-refractivity contribution in [2.45, 2.75) is 44.2 Å². The molecule has 17 heavy (non-hydrogen) atoms. The minimum absolute atomic E-state index is 0.0274. The maximum Gasteiger partial charge on any atom is 0.332 e. The molecular formula is C11H20N2O4. The normalized spacial score (nSPS) is 17.8. The first-order chi connectivity index (χ1) is 8.02. The number of carboxylic acids is 1. The number of carbonyl (C=O) groups is 2. The van der Waals surface area contributed by atoms with Crippen LogP contribution in [0, 0.1) is 0 Å². The van der Waals surface area contributed by atoms with Crippen molar-refractivity contribution in [3.63, 3.8) is 0 Å². The fraction of sp³-hybridized carbons (Fsp3) is 0.818. The monoisotopic (exact) mass is 244 g/mol. The van der Waals surface area contributed by atoms with Gasteiger partial charge >= 0.3 is 12.0 Å². The summed E-state index contributed by atoms with van der Waals surface area (Å²) in [5, 5.41) is 20.1. The van der Waals surface area contributed by atoms with E-state index in [9.17, 15) is 9.59 Å². The van der Waals surface area contributed by atoms with Gasteiger partial charge in [0, 0.05) is 26.1 Å². The Labute approximate surface area is 101 Å². The van der Waals surface area contributed by atoms with Gasteiger partial charge < -0.3 is 20.4 Å². The summed E-state index contributed by atoms with van der Waals surface area (Å²) in [5.41, 5.74) is 0. The van der Waals surface area contributed by atoms with Crippen molar-refractivity contribution in [2.24, 2.45) is 0 Å². The number of carboxylic acid groups (broad SMARTS) is 1. The lowest BCUT2D eigenvalue weighted by Crippen LogP contribution is -2.43. The molecule has 0 spiro atoms. The average Bonchev–Trinajstić information content (AvgIpc) is 2.80. The highest BCUT2D eigenvalue weighted by molar-refractivity contribution is 5.74. The van der Waals surface area contributed by atoms with Gasteiger partial charge in [-0.05, 0) is 12.8 Å². The van der Waals surface area contributed by atoms with Gasteiger partial charge in [0.1, 0.15) is 0 Å². The molecule has 0 aromatic rings. The summed E-state index contributed by atoms with van der Waals surface area (Å²) in [6.45, 7) is 0.170. The molecule has 98 valence electrons. The first kappa shape index (κ1) is 13.8. The summed E-state index contributed by atoms with van der Waals surface area (Å²) in [6.07, 6.45) is 2.98. The van der Waals surface area contributed by atoms with E-state index in [1.165, 1.54) is 0 Å². The summed E-state index contributed by atoms with van der Waals surface area (Å²) in [5.74, 6) is -1.26. The number of hydrogen-bond donors (Lipinski definition) is 3. The highest BCUT2D eigenvalue weighted by Gasteiger charge is 2.23. The van der Waals surface area contributed by atoms with Gasteiger partial charge in [-0.1, -0.05) is 12.8 Å². The second-order valence-electron chi connectivity index (χ2n) is 4.42. The Morgan fingerprint density at radius 1 is 1.41 bits per heavy atom. The number of urea groups is 1. The molecule has 0 aromatic carbocycles. The lowest BCUT2D eigenvalue weighted by Gasteiger charge is -2.24. The number of hydrogen-bond acceptors (Lipinski definition) is 3. The van der Waals surface area contributed by atoms with Crippen molar-refractivity contribution in [1.82, 2.24) is 10.2 Å². The Kier molecular flexibility index (Phi) is 5.21. The van der Waals surface area contributed by atoms with Gasteiger partial charge in [0.2, 0.25) is 0 Å². The predicted octanol–water partition coefficient (Wildman–Crippen LogP) is 0.406. The molecule has 1 saturated carbocycles. The minimum atomic E-state index is -1.41. The van der Waals surface area contributed by atoms with Gasteiger partial charge in [0.05, 0.1) is 0 Å². The molecule has 1 atom stereocenters. The fourth-order valence-electron chi connectivity index (χ4n) is 2.02. The second kappa shape index (κ2) is 6.44. The minimum Gasteiger partial charge on any atom is -0.479 e. The number of rotatable bonds is 5. The topological polar surface area (TPSA) is 89.9 Å². The molecule has 1 fully saturated rings. The van der Waals surface area contributed by atoms with Crippen molar-refractivity contribution >= 4 is 12.0 Å². The number of aliphatic carboxylic acids is 1. The number of aliphatic hydroxyl groups excluding tert-OH is 1. The van der Waals surface area contributed by atoms with Crippen molar-refractivity contribution < 1.29 is 19.8 Å². The van der Waals surface area contributed by atoms with Crippen LogP contribution in [0.4, 0.5) is 4.79 Å². The Hall–Kier alpha value is -1.30. The Morgan fingerprint density at radius 2 is 2.00 bits per heavy atom. The molecule has 0 radical (unpaired) electrons. The molecule has 0 heterocycles. The third kappa shape index (κ3) is 4.22. The number of carbonyl (C=O) groups excluding carboxylic acids is 1. The molecular weight excluding hydrogens is 224 g/mol. The van der Waals surface area contributed by atoms with Crippen LogP contribution in [0.15, 0.2) is 0 Å². The summed E-state index contributed by atoms with van der Waals surface area (Å²) in [4.78, 5) is 23.7. The van der Waals surface area contributed by atoms with Gasteiger partial charge in [-0.25, -0.2) is 9.59 Å². The first-order valence-corrected chi connectivity index (χ1v) is 5.94. The molecule has 6 nitrogen and oxygen atoms in total. The second-order valence-corrected chi connectivity index (χ2v) is 4.42. The molecule has 6 heteroatoms. The molecule has 0 aliphatic heterocycles. The van der Waals surface area contributed by atoms with Crippen LogP contribution in [0.5, 0.6) is 0 Å². The van der Waals surface area contributed by atoms with Crippen molar-refractivity contribution in [3.8, 4) is 0 Å². The van der Waals surface area contributed by atoms with Crippen LogP contribution < -0.4 is 5.32 Å². The van der Waals surface area contributed by atoms with Crippen molar-refractivity contribution in [2.75, 3.05) is 13.6 Å². The highest BCUT2D eigenvalue weighted by atomic mass is 16.4. The van der Waals surface area contributed by atoms with E-state index >= 15 is 0 Å². The summed E-state index contributed by atoms with van der Waals surface area (Å²) in [7, 11) is 1.75. The van der Waals surface area contributed by atoms with E-state index in [0.717, 1.165) is 25.7 Å². The van der Waals surface area contributed by atoms with Gasteiger partial charge in [-0.3, -0.25) is 0 Å². The molecule has 2 amide bonds. The molecule has 0 aromatic heterocycles. The lowest BCUT2D eigenvalue weighted by atomic mass is 10.2. The largest absolute Gasteiger partial charge is 0.479 e. The zero-order valence-corrected chi connectivity index (χ0v) is 10.1. The molecule has 3 N–H and O–H groups in total. The number of aliphatic hydroxyl groups is 1. The van der Waals surface area contributed by atoms with Crippen LogP contribution in [0.25, 0.3) is 0 Å². The molecule has 1 aliphatic rings. The number of nitrogens with one attached hydrogen (secondary N) is 1. The van der Waals surface area contributed by atoms with Crippen LogP contribution >= 0.6 is 0 Å². The van der Waals surface area contributed by atoms with Crippen molar-refractivity contribution in [3.05, 3.63) is 0 Å². The third-order valence-electron chi connectivity index (χ3n) is 3.17. The van der Waals surface area contributed by atoms with E-state index < -0.39 is 12.1 Å². The van der Waals surface area contributed by atoms with Gasteiger partial charge in [0.25, 0.3) is 0 Å². The quantitative estimate of drug-likeness (QED) is 0.653. The lowest BCUT2D eigenvalue weighted by molar-refractivity contribution is -0.146. The Bertz CT molecular complexity index is 277. The van der Waals surface area contributed by atoms with E-state index in [-0.39, 0.29) is 19.0 Å². The van der Waals surface area contributed by atoms with Crippen molar-refractivity contribution in [1.29, 1.82) is 0 Å². The predicted molar refractivity (Wildman–Crippen MR) is 61.7 cm³/mol. The van der Waals surface area contributed by atoms with E-state index in [0.29, 0.717) is 6.04 Å². The van der Waals surface area contributed by atoms with Crippen LogP contribution in [0.3, 0.4) is 0 Å². The summed E-state index contributed by atoms with van der Waals surface area (Å²) in [6, 6.07) is 0.0916. The van der Waals surface area contributed by atoms with Crippen LogP contribution in [0.2, 0.25) is 0 Å². The molecule has 0 saturated heterocycles. The zero-order valence-electron chi connectivity index (χ0n) is 10.1. The van der Waals surface area contributed by atoms with Gasteiger partial charge in [-0.2, -0.15) is 0 Å². The van der Waals surface area contributed by atoms with E-state index in [4.69, 9.17) is 10.2 Å². The SMILES string of the molecule is CN(C(=O)NCCC(O)C(=O)O)C1CCCC1. The van der Waals surface area contributed by atoms with Crippen LogP contribution in [0.1, 0.15) is 32.1 Å². The van der Waals surface area contributed by atoms with E-state index in [1.807, 2.05) is 0 Å². The number of amides is 2. The summed E-state index contributed by atoms with van der Waals surface area (Å²) >= 11 is 0.